The van der Waals surface area contributed by atoms with Crippen LogP contribution in [-0.4, -0.2) is 8.07 Å². The summed E-state index contributed by atoms with van der Waals surface area (Å²) >= 11 is 0. The van der Waals surface area contributed by atoms with Crippen LogP contribution < -0.4 is 5.19 Å². The molecule has 0 nitrogen and oxygen atoms in total. The summed E-state index contributed by atoms with van der Waals surface area (Å²) in [7, 11) is -1.20. The van der Waals surface area contributed by atoms with Crippen LogP contribution in [0.2, 0.25) is 19.1 Å². The standard InChI is InChI=1S/C34H63Si/c1-4-5-6-7-8-9-10-11-12-13-14-15-16-17-18-19-20-21-22-23-24-25-26-30-33-35(2,3)34-31-28-27-29-32-34/h27-29,31-32H,1,4-26,30,33H2,2-3H3. The molecule has 1 aromatic rings. The van der Waals surface area contributed by atoms with E-state index in [-0.39, 0.29) is 0 Å². The van der Waals surface area contributed by atoms with Gasteiger partial charge in [-0.05, 0) is 0 Å². The summed E-state index contributed by atoms with van der Waals surface area (Å²) in [6, 6.07) is 12.7. The first kappa shape index (κ1) is 32.5. The van der Waals surface area contributed by atoms with Gasteiger partial charge in [-0.2, -0.15) is 0 Å². The zero-order valence-corrected chi connectivity index (χ0v) is 25.3. The van der Waals surface area contributed by atoms with Crippen LogP contribution in [0.5, 0.6) is 0 Å². The van der Waals surface area contributed by atoms with Crippen molar-refractivity contribution >= 4 is 13.3 Å². The van der Waals surface area contributed by atoms with Gasteiger partial charge in [0.1, 0.15) is 0 Å². The highest BCUT2D eigenvalue weighted by Gasteiger charge is 2.21. The zero-order chi connectivity index (χ0) is 25.3. The second-order valence-corrected chi connectivity index (χ2v) is 16.8. The first-order valence-corrected chi connectivity index (χ1v) is 19.2. The summed E-state index contributed by atoms with van der Waals surface area (Å²) in [4.78, 5) is 0. The molecule has 1 aromatic carbocycles. The maximum Gasteiger partial charge on any atom is 0.0806 e. The lowest BCUT2D eigenvalue weighted by Gasteiger charge is -2.22. The lowest BCUT2D eigenvalue weighted by molar-refractivity contribution is 0.518. The van der Waals surface area contributed by atoms with Crippen molar-refractivity contribution in [1.82, 2.24) is 0 Å². The second kappa shape index (κ2) is 23.8. The molecular formula is C34H63Si. The Kier molecular flexibility index (Phi) is 22.1. The highest BCUT2D eigenvalue weighted by Crippen LogP contribution is 2.18. The van der Waals surface area contributed by atoms with Crippen LogP contribution in [0.1, 0.15) is 154 Å². The Bertz CT molecular complexity index is 535. The minimum Gasteiger partial charge on any atom is -0.0654 e. The van der Waals surface area contributed by atoms with E-state index in [1.54, 1.807) is 5.19 Å². The summed E-state index contributed by atoms with van der Waals surface area (Å²) < 4.78 is 0. The molecule has 0 aromatic heterocycles. The van der Waals surface area contributed by atoms with Crippen molar-refractivity contribution in [2.75, 3.05) is 0 Å². The second-order valence-electron chi connectivity index (χ2n) is 12.0. The van der Waals surface area contributed by atoms with Gasteiger partial charge in [0.05, 0.1) is 8.07 Å². The lowest BCUT2D eigenvalue weighted by atomic mass is 10.0. The predicted molar refractivity (Wildman–Crippen MR) is 165 cm³/mol. The van der Waals surface area contributed by atoms with Crippen LogP contribution in [0.25, 0.3) is 0 Å². The lowest BCUT2D eigenvalue weighted by Crippen LogP contribution is -2.40. The smallest absolute Gasteiger partial charge is 0.0654 e. The van der Waals surface area contributed by atoms with Crippen molar-refractivity contribution in [1.29, 1.82) is 0 Å². The number of unbranched alkanes of at least 4 members (excludes halogenated alkanes) is 23. The van der Waals surface area contributed by atoms with E-state index in [0.717, 1.165) is 6.42 Å². The number of hydrogen-bond donors (Lipinski definition) is 0. The molecule has 1 rings (SSSR count). The Morgan fingerprint density at radius 1 is 0.429 bits per heavy atom. The molecule has 1 heteroatoms. The average molecular weight is 500 g/mol. The van der Waals surface area contributed by atoms with Crippen LogP contribution in [-0.2, 0) is 0 Å². The summed E-state index contributed by atoms with van der Waals surface area (Å²) in [6.45, 7) is 9.01. The molecule has 203 valence electrons. The van der Waals surface area contributed by atoms with Gasteiger partial charge >= 0.3 is 0 Å². The van der Waals surface area contributed by atoms with Gasteiger partial charge in [0.2, 0.25) is 0 Å². The normalized spacial score (nSPS) is 11.9. The van der Waals surface area contributed by atoms with Gasteiger partial charge in [0.15, 0.2) is 0 Å². The Hall–Kier alpha value is -0.563. The minimum absolute atomic E-state index is 1.12. The first-order valence-electron chi connectivity index (χ1n) is 16.0. The van der Waals surface area contributed by atoms with Crippen molar-refractivity contribution in [3.8, 4) is 0 Å². The molecule has 0 amide bonds. The van der Waals surface area contributed by atoms with Gasteiger partial charge in [-0.3, -0.25) is 0 Å². The van der Waals surface area contributed by atoms with Gasteiger partial charge in [-0.25, -0.2) is 0 Å². The third kappa shape index (κ3) is 20.2. The molecule has 0 aliphatic carbocycles. The van der Waals surface area contributed by atoms with Crippen molar-refractivity contribution in [3.63, 3.8) is 0 Å². The molecule has 0 aliphatic heterocycles. The maximum absolute atomic E-state index is 3.92. The van der Waals surface area contributed by atoms with Gasteiger partial charge in [-0.15, -0.1) is 0 Å². The minimum atomic E-state index is -1.20. The molecule has 0 unspecified atom stereocenters. The van der Waals surface area contributed by atoms with Crippen LogP contribution in [0, 0.1) is 6.92 Å². The van der Waals surface area contributed by atoms with E-state index < -0.39 is 8.07 Å². The molecule has 0 saturated carbocycles. The van der Waals surface area contributed by atoms with E-state index in [4.69, 9.17) is 0 Å². The molecule has 0 aliphatic rings. The van der Waals surface area contributed by atoms with E-state index >= 15 is 0 Å². The monoisotopic (exact) mass is 499 g/mol. The first-order chi connectivity index (χ1) is 17.2. The predicted octanol–water partition coefficient (Wildman–Crippen LogP) is 11.8. The van der Waals surface area contributed by atoms with Crippen LogP contribution >= 0.6 is 0 Å². The van der Waals surface area contributed by atoms with Gasteiger partial charge in [0.25, 0.3) is 0 Å². The molecule has 0 bridgehead atoms. The summed E-state index contributed by atoms with van der Waals surface area (Å²) in [5.41, 5.74) is 0. The highest BCUT2D eigenvalue weighted by molar-refractivity contribution is 6.89. The molecule has 0 heterocycles. The third-order valence-corrected chi connectivity index (χ3v) is 11.6. The fraction of sp³-hybridized carbons (Fsp3) is 0.794. The molecule has 0 atom stereocenters. The highest BCUT2D eigenvalue weighted by atomic mass is 28.3. The van der Waals surface area contributed by atoms with E-state index in [2.05, 4.69) is 50.3 Å². The van der Waals surface area contributed by atoms with E-state index in [9.17, 15) is 0 Å². The van der Waals surface area contributed by atoms with Crippen molar-refractivity contribution < 1.29 is 0 Å². The van der Waals surface area contributed by atoms with Gasteiger partial charge in [-0.1, -0.05) is 216 Å². The third-order valence-electron chi connectivity index (χ3n) is 8.11. The molecule has 0 saturated heterocycles. The van der Waals surface area contributed by atoms with Crippen molar-refractivity contribution in [2.24, 2.45) is 0 Å². The largest absolute Gasteiger partial charge is 0.0806 e. The van der Waals surface area contributed by atoms with Crippen LogP contribution in [0.3, 0.4) is 0 Å². The van der Waals surface area contributed by atoms with Crippen LogP contribution in [0.4, 0.5) is 0 Å². The Balaban J connectivity index is 1.72. The molecule has 0 spiro atoms. The fourth-order valence-corrected chi connectivity index (χ4v) is 8.01. The van der Waals surface area contributed by atoms with E-state index in [0.29, 0.717) is 0 Å². The fourth-order valence-electron chi connectivity index (χ4n) is 5.49. The van der Waals surface area contributed by atoms with Gasteiger partial charge < -0.3 is 0 Å². The van der Waals surface area contributed by atoms with Crippen molar-refractivity contribution in [2.45, 2.75) is 173 Å². The number of rotatable bonds is 26. The SMILES string of the molecule is [CH2]CCCCCCCCCCCCCCCCCCCCCCCCC[Si](C)(C)c1ccccc1. The zero-order valence-electron chi connectivity index (χ0n) is 24.3. The van der Waals surface area contributed by atoms with Gasteiger partial charge in [0, 0.05) is 0 Å². The Labute approximate surface area is 223 Å². The quantitative estimate of drug-likeness (QED) is 0.0877. The van der Waals surface area contributed by atoms with E-state index in [1.807, 2.05) is 0 Å². The Morgan fingerprint density at radius 3 is 1.03 bits per heavy atom. The maximum atomic E-state index is 3.92. The topological polar surface area (TPSA) is 0 Å². The summed E-state index contributed by atoms with van der Waals surface area (Å²) in [5, 5.41) is 1.63. The molecular weight excluding hydrogens is 436 g/mol. The number of hydrogen-bond acceptors (Lipinski definition) is 0. The Morgan fingerprint density at radius 2 is 0.714 bits per heavy atom. The number of benzene rings is 1. The van der Waals surface area contributed by atoms with Crippen molar-refractivity contribution in [3.05, 3.63) is 37.3 Å². The van der Waals surface area contributed by atoms with Crippen LogP contribution in [0.15, 0.2) is 30.3 Å². The summed E-state index contributed by atoms with van der Waals surface area (Å²) in [6.07, 6.45) is 34.7. The summed E-state index contributed by atoms with van der Waals surface area (Å²) in [5.74, 6) is 0. The molecule has 0 N–H and O–H groups in total. The average Bonchev–Trinajstić information content (AvgIpc) is 2.87. The molecule has 0 fully saturated rings. The molecule has 1 radical (unpaired) electrons. The molecule has 35 heavy (non-hydrogen) atoms. The van der Waals surface area contributed by atoms with E-state index in [1.165, 1.54) is 154 Å².